The molecule has 0 saturated carbocycles. The topological polar surface area (TPSA) is 0 Å². The number of rotatable bonds is 0. The van der Waals surface area contributed by atoms with Crippen LogP contribution in [0.15, 0.2) is 0 Å². The monoisotopic (exact) mass is 924 g/mol. The maximum absolute atomic E-state index is 0. The molecule has 0 aliphatic carbocycles. The van der Waals surface area contributed by atoms with Gasteiger partial charge in [0.05, 0.1) is 0 Å². The molecule has 0 aromatic carbocycles. The Bertz CT molecular complexity index is 28.5. The van der Waals surface area contributed by atoms with Crippen LogP contribution in [0.25, 0.3) is 0 Å². The summed E-state index contributed by atoms with van der Waals surface area (Å²) in [6.45, 7) is 0. The fourth-order valence-electron chi connectivity index (χ4n) is 0. The molecule has 0 fully saturated rings. The van der Waals surface area contributed by atoms with E-state index in [1.807, 2.05) is 0 Å². The van der Waals surface area contributed by atoms with Crippen LogP contribution in [0.3, 0.4) is 0 Å². The van der Waals surface area contributed by atoms with E-state index in [9.17, 15) is 0 Å². The summed E-state index contributed by atoms with van der Waals surface area (Å²) in [4.78, 5) is 0. The van der Waals surface area contributed by atoms with Gasteiger partial charge in [-0.1, -0.05) is 0 Å². The number of hydrogen-bond donors (Lipinski definition) is 0. The summed E-state index contributed by atoms with van der Waals surface area (Å²) in [7, 11) is 0. The van der Waals surface area contributed by atoms with E-state index in [0.29, 0.717) is 0 Å². The smallest absolute Gasteiger partial charge is 0 e. The second-order valence-electron chi connectivity index (χ2n) is 0. The molecule has 9 heteroatoms. The van der Waals surface area contributed by atoms with E-state index in [2.05, 4.69) is 0 Å². The quantitative estimate of drug-likeness (QED) is 0.281. The molecule has 0 aromatic rings. The molecule has 9 heavy (non-hydrogen) atoms. The summed E-state index contributed by atoms with van der Waals surface area (Å²) in [5.74, 6) is 0. The Labute approximate surface area is 179 Å². The van der Waals surface area contributed by atoms with E-state index in [1.165, 1.54) is 0 Å². The van der Waals surface area contributed by atoms with Crippen LogP contribution in [-0.2, 0) is 132 Å². The second-order valence-corrected chi connectivity index (χ2v) is 0. The predicted octanol–water partition coefficient (Wildman–Crippen LogP) is -0.779. The Kier molecular flexibility index (Phi) is 612. The van der Waals surface area contributed by atoms with Crippen LogP contribution in [0.2, 0.25) is 0 Å². The zero-order valence-electron chi connectivity index (χ0n) is 3.69. The first kappa shape index (κ1) is 82.8. The summed E-state index contributed by atoms with van der Waals surface area (Å²) in [5.41, 5.74) is 0. The van der Waals surface area contributed by atoms with Gasteiger partial charge in [0, 0.05) is 183 Å². The minimum absolute atomic E-state index is 0. The average Bonchev–Trinajstić information content (AvgIpc) is 0. The van der Waals surface area contributed by atoms with Crippen molar-refractivity contribution >= 4 is 51.2 Å². The summed E-state index contributed by atoms with van der Waals surface area (Å²) >= 11 is 0. The van der Waals surface area contributed by atoms with Gasteiger partial charge in [-0.3, -0.25) is 0 Å². The first-order chi connectivity index (χ1) is 0. The van der Waals surface area contributed by atoms with E-state index in [0.717, 1.165) is 0 Å². The summed E-state index contributed by atoms with van der Waals surface area (Å²) in [5, 5.41) is 0. The van der Waals surface area contributed by atoms with Gasteiger partial charge in [-0.25, -0.2) is 0 Å². The number of hydrogen-bond acceptors (Lipinski definition) is 0. The van der Waals surface area contributed by atoms with Crippen LogP contribution < -0.4 is 0 Å². The fraction of sp³-hybridized carbons (Fsp3) is 0. The van der Waals surface area contributed by atoms with Crippen LogP contribution >= 0.6 is 0 Å². The van der Waals surface area contributed by atoms with Crippen LogP contribution in [0.1, 0.15) is 0 Å². The molecule has 0 nitrogen and oxygen atoms in total. The molecule has 0 unspecified atom stereocenters. The summed E-state index contributed by atoms with van der Waals surface area (Å²) in [6.07, 6.45) is 0. The van der Waals surface area contributed by atoms with Crippen molar-refractivity contribution in [1.29, 1.82) is 0 Å². The first-order valence-corrected chi connectivity index (χ1v) is 0. The third-order valence-electron chi connectivity index (χ3n) is 0. The van der Waals surface area contributed by atoms with Crippen molar-refractivity contribution in [2.75, 3.05) is 0 Å². The molecule has 0 amide bonds. The van der Waals surface area contributed by atoms with E-state index in [4.69, 9.17) is 0 Å². The normalized spacial score (nSPS) is 0. The molecular formula is AgAuCrCuFeNiPbSnZn. The van der Waals surface area contributed by atoms with Crippen LogP contribution in [-0.4, -0.2) is 51.2 Å². The van der Waals surface area contributed by atoms with Crippen molar-refractivity contribution in [1.82, 2.24) is 0 Å². The van der Waals surface area contributed by atoms with E-state index >= 15 is 0 Å². The van der Waals surface area contributed by atoms with Crippen molar-refractivity contribution in [3.63, 3.8) is 0 Å². The molecule has 0 aromatic heterocycles. The van der Waals surface area contributed by atoms with Gasteiger partial charge in [-0.05, 0) is 0 Å². The molecule has 0 rings (SSSR count). The Morgan fingerprint density at radius 3 is 1.00 bits per heavy atom. The van der Waals surface area contributed by atoms with Gasteiger partial charge in [0.2, 0.25) is 0 Å². The van der Waals surface area contributed by atoms with E-state index in [1.54, 1.807) is 0 Å². The Morgan fingerprint density at radius 1 is 1.00 bits per heavy atom. The Balaban J connectivity index is 0. The predicted molar refractivity (Wildman–Crippen MR) is 11.5 cm³/mol. The Morgan fingerprint density at radius 2 is 1.00 bits per heavy atom. The van der Waals surface area contributed by atoms with Gasteiger partial charge < -0.3 is 0 Å². The third-order valence-corrected chi connectivity index (χ3v) is 0. The fourth-order valence-corrected chi connectivity index (χ4v) is 0. The van der Waals surface area contributed by atoms with E-state index < -0.39 is 0 Å². The van der Waals surface area contributed by atoms with Crippen LogP contribution in [0.4, 0.5) is 0 Å². The van der Waals surface area contributed by atoms with Crippen molar-refractivity contribution in [2.24, 2.45) is 0 Å². The molecule has 0 aliphatic heterocycles. The van der Waals surface area contributed by atoms with Gasteiger partial charge >= 0.3 is 0 Å². The van der Waals surface area contributed by atoms with E-state index in [-0.39, 0.29) is 183 Å². The molecule has 0 atom stereocenters. The molecule has 0 N–H and O–H groups in total. The molecule has 0 saturated heterocycles. The third kappa shape index (κ3) is 56.6. The minimum atomic E-state index is 0. The molecule has 67 valence electrons. The van der Waals surface area contributed by atoms with Gasteiger partial charge in [0.1, 0.15) is 0 Å². The molecule has 0 spiro atoms. The van der Waals surface area contributed by atoms with Crippen LogP contribution in [0, 0.1) is 0 Å². The molecule has 0 heterocycles. The minimum Gasteiger partial charge on any atom is 0 e. The van der Waals surface area contributed by atoms with Crippen molar-refractivity contribution in [2.45, 2.75) is 0 Å². The molecular weight excluding hydrogens is 926 g/mol. The van der Waals surface area contributed by atoms with Gasteiger partial charge in [0.15, 0.2) is 0 Å². The SMILES string of the molecule is [Ag].[Au].[Cr].[Cu].[Fe].[Ni].[Pb].[Sn].[Zn]. The zero-order chi connectivity index (χ0) is 0. The molecule has 0 aliphatic rings. The largest absolute Gasteiger partial charge is 0 e. The maximum atomic E-state index is 0. The average molecular weight is 926 g/mol. The second kappa shape index (κ2) is 66.5. The van der Waals surface area contributed by atoms with Crippen molar-refractivity contribution < 1.29 is 132 Å². The summed E-state index contributed by atoms with van der Waals surface area (Å²) in [6, 6.07) is 0. The summed E-state index contributed by atoms with van der Waals surface area (Å²) < 4.78 is 0. The zero-order valence-corrected chi connectivity index (χ0v) is 21.4. The molecule has 0 bridgehead atoms. The first-order valence-electron chi connectivity index (χ1n) is 0. The standard InChI is InChI=1S/Ag.Au.Cr.Cu.Fe.Ni.Pb.Sn.Zn. The maximum Gasteiger partial charge on any atom is 0 e. The van der Waals surface area contributed by atoms with Gasteiger partial charge in [-0.2, -0.15) is 0 Å². The van der Waals surface area contributed by atoms with Crippen molar-refractivity contribution in [3.05, 3.63) is 0 Å². The van der Waals surface area contributed by atoms with Gasteiger partial charge in [0.25, 0.3) is 0 Å². The van der Waals surface area contributed by atoms with Gasteiger partial charge in [-0.15, -0.1) is 0 Å². The Hall–Kier alpha value is 5.89. The van der Waals surface area contributed by atoms with Crippen LogP contribution in [0.5, 0.6) is 0 Å². The van der Waals surface area contributed by atoms with Crippen molar-refractivity contribution in [3.8, 4) is 0 Å². The molecule has 11 radical (unpaired) electrons.